The van der Waals surface area contributed by atoms with Crippen molar-refractivity contribution in [2.75, 3.05) is 27.3 Å². The van der Waals surface area contributed by atoms with Crippen molar-refractivity contribution in [1.29, 1.82) is 0 Å². The van der Waals surface area contributed by atoms with Gasteiger partial charge in [0.2, 0.25) is 0 Å². The summed E-state index contributed by atoms with van der Waals surface area (Å²) in [4.78, 5) is 8.84. The zero-order valence-corrected chi connectivity index (χ0v) is 16.3. The summed E-state index contributed by atoms with van der Waals surface area (Å²) in [5.74, 6) is 2.50. The van der Waals surface area contributed by atoms with Crippen molar-refractivity contribution in [2.24, 2.45) is 16.3 Å². The third-order valence-electron chi connectivity index (χ3n) is 5.13. The number of guanidine groups is 1. The Morgan fingerprint density at radius 3 is 2.76 bits per heavy atom. The van der Waals surface area contributed by atoms with Crippen LogP contribution in [0.3, 0.4) is 0 Å². The Morgan fingerprint density at radius 2 is 2.12 bits per heavy atom. The highest BCUT2D eigenvalue weighted by Gasteiger charge is 2.33. The molecule has 0 aromatic carbocycles. The van der Waals surface area contributed by atoms with Gasteiger partial charge in [-0.05, 0) is 30.6 Å². The van der Waals surface area contributed by atoms with Crippen LogP contribution in [0, 0.1) is 11.3 Å². The summed E-state index contributed by atoms with van der Waals surface area (Å²) >= 11 is 0. The van der Waals surface area contributed by atoms with Gasteiger partial charge in [0.1, 0.15) is 5.82 Å². The molecule has 0 radical (unpaired) electrons. The molecular weight excluding hydrogens is 314 g/mol. The number of hydrogen-bond donors (Lipinski definition) is 2. The molecule has 1 aromatic heterocycles. The monoisotopic (exact) mass is 349 g/mol. The van der Waals surface area contributed by atoms with E-state index in [1.165, 1.54) is 25.7 Å². The summed E-state index contributed by atoms with van der Waals surface area (Å²) in [6, 6.07) is 0. The molecule has 0 atom stereocenters. The van der Waals surface area contributed by atoms with Gasteiger partial charge in [0.25, 0.3) is 0 Å². The highest BCUT2D eigenvalue weighted by atomic mass is 16.5. The molecule has 1 aromatic rings. The van der Waals surface area contributed by atoms with Crippen molar-refractivity contribution in [2.45, 2.75) is 59.0 Å². The molecule has 2 N–H and O–H groups in total. The van der Waals surface area contributed by atoms with E-state index < -0.39 is 0 Å². The maximum absolute atomic E-state index is 5.32. The minimum Gasteiger partial charge on any atom is -0.385 e. The van der Waals surface area contributed by atoms with Crippen molar-refractivity contribution in [3.8, 4) is 0 Å². The number of rotatable bonds is 9. The lowest BCUT2D eigenvalue weighted by Crippen LogP contribution is -2.43. The van der Waals surface area contributed by atoms with Gasteiger partial charge in [-0.1, -0.05) is 26.7 Å². The summed E-state index contributed by atoms with van der Waals surface area (Å²) in [7, 11) is 3.61. The lowest BCUT2D eigenvalue weighted by Gasteiger charge is -2.30. The highest BCUT2D eigenvalue weighted by molar-refractivity contribution is 5.79. The Balaban J connectivity index is 1.85. The van der Waals surface area contributed by atoms with Crippen LogP contribution in [-0.4, -0.2) is 42.8 Å². The van der Waals surface area contributed by atoms with E-state index in [9.17, 15) is 0 Å². The summed E-state index contributed by atoms with van der Waals surface area (Å²) in [6.07, 6.45) is 10.2. The van der Waals surface area contributed by atoms with Gasteiger partial charge in [0, 0.05) is 46.2 Å². The number of ether oxygens (including phenoxy) is 1. The van der Waals surface area contributed by atoms with Gasteiger partial charge < -0.3 is 19.9 Å². The number of aliphatic imine (C=N–C) groups is 1. The number of nitrogens with one attached hydrogen (secondary N) is 2. The molecule has 1 saturated carbocycles. The predicted molar refractivity (Wildman–Crippen MR) is 103 cm³/mol. The van der Waals surface area contributed by atoms with E-state index in [1.807, 2.05) is 19.4 Å². The number of aromatic nitrogens is 2. The fourth-order valence-corrected chi connectivity index (χ4v) is 3.68. The number of methoxy groups -OCH3 is 1. The van der Waals surface area contributed by atoms with Crippen LogP contribution in [0.4, 0.5) is 0 Å². The van der Waals surface area contributed by atoms with E-state index in [2.05, 4.69) is 39.0 Å². The molecule has 142 valence electrons. The first-order valence-corrected chi connectivity index (χ1v) is 9.52. The van der Waals surface area contributed by atoms with Gasteiger partial charge in [-0.3, -0.25) is 4.99 Å². The summed E-state index contributed by atoms with van der Waals surface area (Å²) in [5, 5.41) is 6.94. The molecule has 0 spiro atoms. The zero-order chi connectivity index (χ0) is 18.1. The quantitative estimate of drug-likeness (QED) is 0.531. The third kappa shape index (κ3) is 6.03. The van der Waals surface area contributed by atoms with E-state index in [0.717, 1.165) is 37.9 Å². The van der Waals surface area contributed by atoms with Crippen LogP contribution >= 0.6 is 0 Å². The Morgan fingerprint density at radius 1 is 1.36 bits per heavy atom. The molecule has 0 amide bonds. The molecule has 6 heteroatoms. The second kappa shape index (κ2) is 9.80. The molecule has 2 rings (SSSR count). The van der Waals surface area contributed by atoms with Gasteiger partial charge in [0.15, 0.2) is 5.96 Å². The van der Waals surface area contributed by atoms with Gasteiger partial charge in [-0.2, -0.15) is 0 Å². The number of imidazole rings is 1. The maximum atomic E-state index is 5.32. The lowest BCUT2D eigenvalue weighted by molar-refractivity contribution is 0.138. The van der Waals surface area contributed by atoms with Crippen LogP contribution < -0.4 is 10.6 Å². The molecule has 1 fully saturated rings. The van der Waals surface area contributed by atoms with Crippen molar-refractivity contribution in [3.05, 3.63) is 18.2 Å². The fraction of sp³-hybridized carbons (Fsp3) is 0.789. The second-order valence-corrected chi connectivity index (χ2v) is 7.62. The molecule has 0 unspecified atom stereocenters. The lowest BCUT2D eigenvalue weighted by atomic mass is 9.83. The topological polar surface area (TPSA) is 63.5 Å². The Bertz CT molecular complexity index is 532. The first kappa shape index (κ1) is 19.8. The molecule has 1 heterocycles. The zero-order valence-electron chi connectivity index (χ0n) is 16.3. The number of nitrogens with zero attached hydrogens (tertiary/aromatic N) is 3. The van der Waals surface area contributed by atoms with Crippen LogP contribution in [-0.2, 0) is 17.8 Å². The Hall–Kier alpha value is -1.56. The Kier molecular flexibility index (Phi) is 7.75. The van der Waals surface area contributed by atoms with Gasteiger partial charge in [-0.15, -0.1) is 0 Å². The first-order chi connectivity index (χ1) is 12.1. The molecule has 6 nitrogen and oxygen atoms in total. The van der Waals surface area contributed by atoms with Crippen LogP contribution in [0.15, 0.2) is 17.4 Å². The molecule has 25 heavy (non-hydrogen) atoms. The van der Waals surface area contributed by atoms with Crippen molar-refractivity contribution < 1.29 is 4.74 Å². The summed E-state index contributed by atoms with van der Waals surface area (Å²) in [6.45, 7) is 7.90. The normalized spacial score (nSPS) is 17.2. The predicted octanol–water partition coefficient (Wildman–Crippen LogP) is 2.80. The minimum absolute atomic E-state index is 0.351. The molecular formula is C19H35N5O. The Labute approximate surface area is 152 Å². The van der Waals surface area contributed by atoms with E-state index in [1.54, 1.807) is 7.11 Å². The molecule has 1 aliphatic rings. The maximum Gasteiger partial charge on any atom is 0.191 e. The van der Waals surface area contributed by atoms with Gasteiger partial charge in [-0.25, -0.2) is 4.98 Å². The van der Waals surface area contributed by atoms with E-state index in [0.29, 0.717) is 17.9 Å². The average Bonchev–Trinajstić information content (AvgIpc) is 3.23. The average molecular weight is 350 g/mol. The smallest absolute Gasteiger partial charge is 0.191 e. The van der Waals surface area contributed by atoms with Crippen LogP contribution in [0.25, 0.3) is 0 Å². The molecule has 0 bridgehead atoms. The van der Waals surface area contributed by atoms with E-state index in [4.69, 9.17) is 4.74 Å². The van der Waals surface area contributed by atoms with Crippen molar-refractivity contribution in [3.63, 3.8) is 0 Å². The SMILES string of the molecule is CN=C(NCc1nccn1CC(C)C)NCC1(CCOC)CCCC1. The van der Waals surface area contributed by atoms with Crippen LogP contribution in [0.2, 0.25) is 0 Å². The highest BCUT2D eigenvalue weighted by Crippen LogP contribution is 2.40. The van der Waals surface area contributed by atoms with Crippen molar-refractivity contribution in [1.82, 2.24) is 20.2 Å². The summed E-state index contributed by atoms with van der Waals surface area (Å²) in [5.41, 5.74) is 0.351. The van der Waals surface area contributed by atoms with Crippen LogP contribution in [0.5, 0.6) is 0 Å². The van der Waals surface area contributed by atoms with Gasteiger partial charge in [0.05, 0.1) is 6.54 Å². The second-order valence-electron chi connectivity index (χ2n) is 7.62. The number of hydrogen-bond acceptors (Lipinski definition) is 3. The summed E-state index contributed by atoms with van der Waals surface area (Å²) < 4.78 is 7.53. The van der Waals surface area contributed by atoms with E-state index in [-0.39, 0.29) is 0 Å². The first-order valence-electron chi connectivity index (χ1n) is 9.52. The molecule has 0 saturated heterocycles. The standard InChI is InChI=1S/C19H35N5O/c1-16(2)14-24-11-10-21-17(24)13-22-18(20-3)23-15-19(9-12-25-4)7-5-6-8-19/h10-11,16H,5-9,12-15H2,1-4H3,(H2,20,22,23). The third-order valence-corrected chi connectivity index (χ3v) is 5.13. The fourth-order valence-electron chi connectivity index (χ4n) is 3.68. The molecule has 0 aliphatic heterocycles. The van der Waals surface area contributed by atoms with Crippen molar-refractivity contribution >= 4 is 5.96 Å². The van der Waals surface area contributed by atoms with Gasteiger partial charge >= 0.3 is 0 Å². The minimum atomic E-state index is 0.351. The van der Waals surface area contributed by atoms with E-state index >= 15 is 0 Å². The largest absolute Gasteiger partial charge is 0.385 e. The molecule has 1 aliphatic carbocycles. The van der Waals surface area contributed by atoms with Crippen LogP contribution in [0.1, 0.15) is 51.8 Å².